The van der Waals surface area contributed by atoms with Gasteiger partial charge in [0, 0.05) is 19.3 Å². The predicted octanol–water partition coefficient (Wildman–Crippen LogP) is 7.57. The second-order valence-electron chi connectivity index (χ2n) is 12.0. The SMILES string of the molecule is CC/C=C/C/C=C/C/C=C/CCCCC(=O)OCC(COCCC(C(=O)O)[N+](C)(C)C)OC(=O)CCCCCCCCC. The normalized spacial score (nSPS) is 13.6. The molecule has 0 aromatic heterocycles. The third kappa shape index (κ3) is 25.7. The Balaban J connectivity index is 4.53. The van der Waals surface area contributed by atoms with Crippen LogP contribution in [0.4, 0.5) is 0 Å². The summed E-state index contributed by atoms with van der Waals surface area (Å²) in [5.74, 6) is -1.53. The summed E-state index contributed by atoms with van der Waals surface area (Å²) in [6.45, 7) is 4.49. The molecule has 43 heavy (non-hydrogen) atoms. The molecule has 0 rings (SSSR count). The number of carboxylic acids is 1. The number of esters is 2. The van der Waals surface area contributed by atoms with Gasteiger partial charge in [-0.05, 0) is 44.9 Å². The lowest BCUT2D eigenvalue weighted by Gasteiger charge is -2.31. The van der Waals surface area contributed by atoms with Crippen molar-refractivity contribution in [2.24, 2.45) is 0 Å². The Morgan fingerprint density at radius 1 is 0.721 bits per heavy atom. The summed E-state index contributed by atoms with van der Waals surface area (Å²) in [4.78, 5) is 36.4. The second kappa shape index (κ2) is 27.1. The molecule has 0 amide bonds. The van der Waals surface area contributed by atoms with Gasteiger partial charge < -0.3 is 23.8 Å². The molecule has 0 radical (unpaired) electrons. The summed E-state index contributed by atoms with van der Waals surface area (Å²) in [5, 5.41) is 9.52. The first-order valence-electron chi connectivity index (χ1n) is 16.5. The summed E-state index contributed by atoms with van der Waals surface area (Å²) < 4.78 is 17.0. The maximum Gasteiger partial charge on any atom is 0.362 e. The monoisotopic (exact) mass is 608 g/mol. The van der Waals surface area contributed by atoms with Gasteiger partial charge in [-0.15, -0.1) is 0 Å². The number of carbonyl (C=O) groups is 3. The van der Waals surface area contributed by atoms with Crippen molar-refractivity contribution >= 4 is 17.9 Å². The van der Waals surface area contributed by atoms with Crippen molar-refractivity contribution in [2.45, 2.75) is 129 Å². The van der Waals surface area contributed by atoms with E-state index in [9.17, 15) is 19.5 Å². The van der Waals surface area contributed by atoms with Crippen LogP contribution >= 0.6 is 0 Å². The minimum atomic E-state index is -0.884. The average molecular weight is 609 g/mol. The van der Waals surface area contributed by atoms with Gasteiger partial charge in [-0.1, -0.05) is 88.8 Å². The van der Waals surface area contributed by atoms with Gasteiger partial charge in [0.2, 0.25) is 0 Å². The number of quaternary nitrogens is 1. The van der Waals surface area contributed by atoms with E-state index >= 15 is 0 Å². The number of ether oxygens (including phenoxy) is 3. The highest BCUT2D eigenvalue weighted by molar-refractivity contribution is 5.72. The molecule has 8 heteroatoms. The fourth-order valence-corrected chi connectivity index (χ4v) is 4.46. The average Bonchev–Trinajstić information content (AvgIpc) is 2.94. The quantitative estimate of drug-likeness (QED) is 0.0423. The van der Waals surface area contributed by atoms with Gasteiger partial charge in [0.25, 0.3) is 0 Å². The zero-order chi connectivity index (χ0) is 32.2. The summed E-state index contributed by atoms with van der Waals surface area (Å²) >= 11 is 0. The highest BCUT2D eigenvalue weighted by atomic mass is 16.6. The van der Waals surface area contributed by atoms with E-state index in [0.717, 1.165) is 57.8 Å². The first kappa shape index (κ1) is 40.5. The standard InChI is InChI=1S/C35H61NO7/c1-6-8-10-12-14-15-16-17-18-20-21-23-25-33(37)42-30-31(29-41-28-27-32(35(39)40)36(3,4)5)43-34(38)26-24-22-19-13-11-9-7-2/h8,10,14-15,17-18,31-32H,6-7,9,11-13,16,19-30H2,1-5H3/p+1/b10-8+,15-14+,18-17+. The van der Waals surface area contributed by atoms with Gasteiger partial charge in [0.1, 0.15) is 6.61 Å². The number of carbonyl (C=O) groups excluding carboxylic acids is 2. The smallest absolute Gasteiger partial charge is 0.362 e. The number of nitrogens with zero attached hydrogens (tertiary/aromatic N) is 1. The largest absolute Gasteiger partial charge is 0.477 e. The van der Waals surface area contributed by atoms with Crippen LogP contribution in [0.25, 0.3) is 0 Å². The van der Waals surface area contributed by atoms with E-state index in [4.69, 9.17) is 14.2 Å². The van der Waals surface area contributed by atoms with Crippen molar-refractivity contribution in [1.82, 2.24) is 0 Å². The Bertz CT molecular complexity index is 813. The Morgan fingerprint density at radius 3 is 1.93 bits per heavy atom. The van der Waals surface area contributed by atoms with E-state index in [1.807, 2.05) is 21.1 Å². The van der Waals surface area contributed by atoms with Crippen molar-refractivity contribution in [3.05, 3.63) is 36.5 Å². The molecule has 2 atom stereocenters. The lowest BCUT2D eigenvalue weighted by atomic mass is 10.1. The first-order valence-corrected chi connectivity index (χ1v) is 16.5. The zero-order valence-corrected chi connectivity index (χ0v) is 27.9. The number of carboxylic acid groups (broad SMARTS) is 1. The van der Waals surface area contributed by atoms with Crippen LogP contribution in [0.3, 0.4) is 0 Å². The number of hydrogen-bond acceptors (Lipinski definition) is 6. The van der Waals surface area contributed by atoms with E-state index in [-0.39, 0.29) is 36.2 Å². The summed E-state index contributed by atoms with van der Waals surface area (Å²) in [5.41, 5.74) is 0. The maximum absolute atomic E-state index is 12.5. The van der Waals surface area contributed by atoms with Gasteiger partial charge in [-0.2, -0.15) is 0 Å². The van der Waals surface area contributed by atoms with E-state index in [1.165, 1.54) is 25.7 Å². The Kier molecular flexibility index (Phi) is 25.6. The van der Waals surface area contributed by atoms with E-state index in [1.54, 1.807) is 0 Å². The zero-order valence-electron chi connectivity index (χ0n) is 27.9. The first-order chi connectivity index (χ1) is 20.6. The molecule has 0 aromatic carbocycles. The van der Waals surface area contributed by atoms with Crippen LogP contribution in [-0.4, -0.2) is 80.6 Å². The highest BCUT2D eigenvalue weighted by Crippen LogP contribution is 2.12. The third-order valence-corrected chi connectivity index (χ3v) is 7.05. The Morgan fingerprint density at radius 2 is 1.30 bits per heavy atom. The number of aliphatic carboxylic acids is 1. The molecule has 1 N–H and O–H groups in total. The number of rotatable bonds is 28. The Hall–Kier alpha value is -2.45. The fourth-order valence-electron chi connectivity index (χ4n) is 4.46. The van der Waals surface area contributed by atoms with Crippen LogP contribution in [0.5, 0.6) is 0 Å². The van der Waals surface area contributed by atoms with Crippen LogP contribution in [0.1, 0.15) is 117 Å². The molecule has 2 unspecified atom stereocenters. The molecule has 0 bridgehead atoms. The maximum atomic E-state index is 12.5. The topological polar surface area (TPSA) is 99.1 Å². The van der Waals surface area contributed by atoms with E-state index in [2.05, 4.69) is 50.3 Å². The molecule has 0 spiro atoms. The predicted molar refractivity (Wildman–Crippen MR) is 174 cm³/mol. The number of unbranched alkanes of at least 4 members (excludes halogenated alkanes) is 8. The molecule has 0 heterocycles. The molecule has 0 aliphatic rings. The molecule has 0 fully saturated rings. The molecule has 0 aliphatic heterocycles. The summed E-state index contributed by atoms with van der Waals surface area (Å²) in [6.07, 6.45) is 26.4. The third-order valence-electron chi connectivity index (χ3n) is 7.05. The van der Waals surface area contributed by atoms with Crippen LogP contribution in [0.2, 0.25) is 0 Å². The molecular formula is C35H62NO7+. The minimum absolute atomic E-state index is 0.0493. The van der Waals surface area contributed by atoms with E-state index in [0.29, 0.717) is 19.3 Å². The molecule has 0 aromatic rings. The molecule has 0 aliphatic carbocycles. The van der Waals surface area contributed by atoms with Gasteiger partial charge in [0.15, 0.2) is 12.1 Å². The van der Waals surface area contributed by atoms with Crippen molar-refractivity contribution in [2.75, 3.05) is 41.0 Å². The lowest BCUT2D eigenvalue weighted by molar-refractivity contribution is -0.887. The van der Waals surface area contributed by atoms with Crippen LogP contribution < -0.4 is 0 Å². The molecule has 0 saturated carbocycles. The van der Waals surface area contributed by atoms with Gasteiger partial charge in [-0.25, -0.2) is 4.79 Å². The molecular weight excluding hydrogens is 546 g/mol. The van der Waals surface area contributed by atoms with Gasteiger partial charge >= 0.3 is 17.9 Å². The molecule has 8 nitrogen and oxygen atoms in total. The summed E-state index contributed by atoms with van der Waals surface area (Å²) in [7, 11) is 5.48. The number of allylic oxidation sites excluding steroid dienone is 6. The van der Waals surface area contributed by atoms with Crippen LogP contribution in [0.15, 0.2) is 36.5 Å². The number of hydrogen-bond donors (Lipinski definition) is 1. The van der Waals surface area contributed by atoms with E-state index < -0.39 is 18.1 Å². The lowest BCUT2D eigenvalue weighted by Crippen LogP contribution is -2.50. The van der Waals surface area contributed by atoms with Gasteiger partial charge in [0.05, 0.1) is 34.4 Å². The molecule has 0 saturated heterocycles. The number of likely N-dealkylation sites (N-methyl/N-ethyl adjacent to an activating group) is 1. The Labute approximate surface area is 262 Å². The van der Waals surface area contributed by atoms with Crippen LogP contribution in [-0.2, 0) is 28.6 Å². The molecule has 248 valence electrons. The summed E-state index contributed by atoms with van der Waals surface area (Å²) in [6, 6.07) is -0.615. The van der Waals surface area contributed by atoms with Gasteiger partial charge in [-0.3, -0.25) is 9.59 Å². The van der Waals surface area contributed by atoms with Crippen molar-refractivity contribution < 1.29 is 38.2 Å². The fraction of sp³-hybridized carbons (Fsp3) is 0.743. The van der Waals surface area contributed by atoms with Crippen molar-refractivity contribution in [1.29, 1.82) is 0 Å². The highest BCUT2D eigenvalue weighted by Gasteiger charge is 2.31. The van der Waals surface area contributed by atoms with Crippen molar-refractivity contribution in [3.63, 3.8) is 0 Å². The van der Waals surface area contributed by atoms with Crippen molar-refractivity contribution in [3.8, 4) is 0 Å². The minimum Gasteiger partial charge on any atom is -0.477 e. The second-order valence-corrected chi connectivity index (χ2v) is 12.0. The van der Waals surface area contributed by atoms with Crippen LogP contribution in [0, 0.1) is 0 Å².